The third kappa shape index (κ3) is 4.96. The van der Waals surface area contributed by atoms with Crippen LogP contribution >= 0.6 is 12.4 Å². The summed E-state index contributed by atoms with van der Waals surface area (Å²) >= 11 is 0. The summed E-state index contributed by atoms with van der Waals surface area (Å²) in [4.78, 5) is 12.3. The van der Waals surface area contributed by atoms with Gasteiger partial charge in [-0.2, -0.15) is 0 Å². The van der Waals surface area contributed by atoms with Gasteiger partial charge >= 0.3 is 0 Å². The quantitative estimate of drug-likeness (QED) is 0.760. The Labute approximate surface area is 137 Å². The highest BCUT2D eigenvalue weighted by Crippen LogP contribution is 2.39. The summed E-state index contributed by atoms with van der Waals surface area (Å²) in [5, 5.41) is 6.10. The number of carbonyl (C=O) groups excluding carboxylic acids is 1. The van der Waals surface area contributed by atoms with Crippen LogP contribution in [0.1, 0.15) is 24.2 Å². The Morgan fingerprint density at radius 2 is 1.77 bits per heavy atom. The summed E-state index contributed by atoms with van der Waals surface area (Å²) < 4.78 is 15.8. The normalized spacial score (nSPS) is 11.1. The predicted molar refractivity (Wildman–Crippen MR) is 88.8 cm³/mol. The first kappa shape index (κ1) is 20.3. The Kier molecular flexibility index (Phi) is 9.37. The zero-order valence-electron chi connectivity index (χ0n) is 13.7. The lowest BCUT2D eigenvalue weighted by Gasteiger charge is -2.17. The van der Waals surface area contributed by atoms with E-state index in [0.717, 1.165) is 6.54 Å². The summed E-state index contributed by atoms with van der Waals surface area (Å²) in [5.41, 5.74) is 0.416. The molecule has 0 spiro atoms. The molecular weight excluding hydrogens is 308 g/mol. The number of rotatable bonds is 8. The molecule has 0 aliphatic rings. The van der Waals surface area contributed by atoms with Crippen molar-refractivity contribution in [3.63, 3.8) is 0 Å². The first-order chi connectivity index (χ1) is 10.1. The van der Waals surface area contributed by atoms with E-state index in [9.17, 15) is 4.79 Å². The van der Waals surface area contributed by atoms with Gasteiger partial charge in [0.2, 0.25) is 5.75 Å². The van der Waals surface area contributed by atoms with Crippen LogP contribution < -0.4 is 24.8 Å². The van der Waals surface area contributed by atoms with Gasteiger partial charge in [-0.15, -0.1) is 12.4 Å². The van der Waals surface area contributed by atoms with Crippen LogP contribution in [0.4, 0.5) is 0 Å². The molecule has 0 bridgehead atoms. The highest BCUT2D eigenvalue weighted by Gasteiger charge is 2.20. The maximum Gasteiger partial charge on any atom is 0.255 e. The van der Waals surface area contributed by atoms with E-state index in [1.54, 1.807) is 12.1 Å². The Hall–Kier alpha value is -1.66. The number of amides is 1. The molecule has 0 fully saturated rings. The van der Waals surface area contributed by atoms with Crippen LogP contribution in [-0.4, -0.2) is 46.4 Å². The molecule has 0 saturated heterocycles. The molecule has 1 aromatic carbocycles. The van der Waals surface area contributed by atoms with Crippen LogP contribution in [-0.2, 0) is 0 Å². The lowest BCUT2D eigenvalue weighted by atomic mass is 10.1. The fourth-order valence-corrected chi connectivity index (χ4v) is 2.04. The molecule has 0 aromatic heterocycles. The van der Waals surface area contributed by atoms with Crippen molar-refractivity contribution in [3.8, 4) is 17.2 Å². The van der Waals surface area contributed by atoms with E-state index in [2.05, 4.69) is 10.6 Å². The van der Waals surface area contributed by atoms with Crippen molar-refractivity contribution in [3.05, 3.63) is 17.7 Å². The van der Waals surface area contributed by atoms with E-state index < -0.39 is 0 Å². The molecule has 6 nitrogen and oxygen atoms in total. The molecule has 126 valence electrons. The second-order valence-electron chi connectivity index (χ2n) is 4.55. The van der Waals surface area contributed by atoms with Gasteiger partial charge in [0.05, 0.1) is 26.9 Å². The van der Waals surface area contributed by atoms with Crippen LogP contribution in [0.15, 0.2) is 12.1 Å². The van der Waals surface area contributed by atoms with Crippen LogP contribution in [0.2, 0.25) is 0 Å². The number of hydrogen-bond donors (Lipinski definition) is 2. The summed E-state index contributed by atoms with van der Waals surface area (Å²) in [5.74, 6) is 1.09. The topological polar surface area (TPSA) is 68.8 Å². The minimum atomic E-state index is -0.211. The Balaban J connectivity index is 0.00000441. The lowest BCUT2D eigenvalue weighted by Crippen LogP contribution is -2.38. The van der Waals surface area contributed by atoms with E-state index in [-0.39, 0.29) is 24.4 Å². The van der Waals surface area contributed by atoms with Crippen LogP contribution in [0.25, 0.3) is 0 Å². The number of halogens is 1. The van der Waals surface area contributed by atoms with Crippen molar-refractivity contribution in [2.75, 3.05) is 34.4 Å². The van der Waals surface area contributed by atoms with E-state index in [1.807, 2.05) is 13.8 Å². The molecule has 0 radical (unpaired) electrons. The van der Waals surface area contributed by atoms with Crippen molar-refractivity contribution >= 4 is 18.3 Å². The number of ether oxygens (including phenoxy) is 3. The number of hydrogen-bond acceptors (Lipinski definition) is 5. The molecule has 1 aromatic rings. The van der Waals surface area contributed by atoms with Crippen LogP contribution in [0.3, 0.4) is 0 Å². The van der Waals surface area contributed by atoms with Crippen molar-refractivity contribution < 1.29 is 19.0 Å². The number of nitrogens with one attached hydrogen (secondary N) is 2. The van der Waals surface area contributed by atoms with Gasteiger partial charge in [0.15, 0.2) is 11.5 Å². The maximum atomic E-state index is 12.3. The fraction of sp³-hybridized carbons (Fsp3) is 0.533. The molecule has 22 heavy (non-hydrogen) atoms. The molecule has 0 saturated carbocycles. The zero-order chi connectivity index (χ0) is 15.8. The maximum absolute atomic E-state index is 12.3. The van der Waals surface area contributed by atoms with E-state index >= 15 is 0 Å². The van der Waals surface area contributed by atoms with Crippen molar-refractivity contribution in [2.24, 2.45) is 0 Å². The number of benzene rings is 1. The summed E-state index contributed by atoms with van der Waals surface area (Å²) in [6.45, 7) is 5.42. The van der Waals surface area contributed by atoms with Gasteiger partial charge in [-0.05, 0) is 25.6 Å². The van der Waals surface area contributed by atoms with Gasteiger partial charge in [0, 0.05) is 12.6 Å². The van der Waals surface area contributed by atoms with Gasteiger partial charge in [-0.25, -0.2) is 0 Å². The minimum absolute atomic E-state index is 0. The van der Waals surface area contributed by atoms with Crippen molar-refractivity contribution in [2.45, 2.75) is 19.9 Å². The van der Waals surface area contributed by atoms with Gasteiger partial charge in [-0.1, -0.05) is 6.92 Å². The van der Waals surface area contributed by atoms with Gasteiger partial charge < -0.3 is 24.8 Å². The molecule has 0 heterocycles. The van der Waals surface area contributed by atoms with Crippen LogP contribution in [0, 0.1) is 0 Å². The second-order valence-corrected chi connectivity index (χ2v) is 4.55. The van der Waals surface area contributed by atoms with E-state index in [0.29, 0.717) is 29.4 Å². The smallest absolute Gasteiger partial charge is 0.255 e. The Morgan fingerprint density at radius 1 is 1.14 bits per heavy atom. The van der Waals surface area contributed by atoms with Crippen molar-refractivity contribution in [1.29, 1.82) is 0 Å². The third-order valence-corrected chi connectivity index (χ3v) is 3.07. The molecular formula is C15H25ClN2O4. The van der Waals surface area contributed by atoms with E-state index in [4.69, 9.17) is 14.2 Å². The van der Waals surface area contributed by atoms with Gasteiger partial charge in [0.25, 0.3) is 5.91 Å². The predicted octanol–water partition coefficient (Wildman–Crippen LogP) is 1.86. The standard InChI is InChI=1S/C15H24N2O4.ClH/c1-6-16-10(2)9-17-15(18)11-7-8-12(19-3)14(21-5)13(11)20-4;/h7-8,10,16H,6,9H2,1-5H3,(H,17,18);1H/t10-;/m1./s1. The Morgan fingerprint density at radius 3 is 2.27 bits per heavy atom. The number of carbonyl (C=O) groups is 1. The number of likely N-dealkylation sites (N-methyl/N-ethyl adjacent to an activating group) is 1. The highest BCUT2D eigenvalue weighted by molar-refractivity contribution is 5.98. The van der Waals surface area contributed by atoms with Gasteiger partial charge in [0.1, 0.15) is 0 Å². The zero-order valence-corrected chi connectivity index (χ0v) is 14.5. The molecule has 1 amide bonds. The molecule has 2 N–H and O–H groups in total. The largest absolute Gasteiger partial charge is 0.493 e. The monoisotopic (exact) mass is 332 g/mol. The number of methoxy groups -OCH3 is 3. The summed E-state index contributed by atoms with van der Waals surface area (Å²) in [6, 6.07) is 3.54. The molecule has 0 unspecified atom stereocenters. The average Bonchev–Trinajstić information content (AvgIpc) is 2.51. The summed E-state index contributed by atoms with van der Waals surface area (Å²) in [6.07, 6.45) is 0. The third-order valence-electron chi connectivity index (χ3n) is 3.07. The highest BCUT2D eigenvalue weighted by atomic mass is 35.5. The average molecular weight is 333 g/mol. The second kappa shape index (κ2) is 10.1. The first-order valence-electron chi connectivity index (χ1n) is 6.89. The first-order valence-corrected chi connectivity index (χ1v) is 6.89. The molecule has 1 atom stereocenters. The minimum Gasteiger partial charge on any atom is -0.493 e. The van der Waals surface area contributed by atoms with Crippen molar-refractivity contribution in [1.82, 2.24) is 10.6 Å². The Bertz CT molecular complexity index is 483. The molecule has 0 aliphatic heterocycles. The molecule has 7 heteroatoms. The molecule has 0 aliphatic carbocycles. The lowest BCUT2D eigenvalue weighted by molar-refractivity contribution is 0.0946. The SMILES string of the molecule is CCN[C@H](C)CNC(=O)c1ccc(OC)c(OC)c1OC.Cl. The molecule has 1 rings (SSSR count). The van der Waals surface area contributed by atoms with Crippen LogP contribution in [0.5, 0.6) is 17.2 Å². The van der Waals surface area contributed by atoms with Gasteiger partial charge in [-0.3, -0.25) is 4.79 Å². The summed E-state index contributed by atoms with van der Waals surface area (Å²) in [7, 11) is 4.54. The fourth-order valence-electron chi connectivity index (χ4n) is 2.04. The van der Waals surface area contributed by atoms with E-state index in [1.165, 1.54) is 21.3 Å².